The van der Waals surface area contributed by atoms with Gasteiger partial charge in [-0.1, -0.05) is 20.8 Å². The van der Waals surface area contributed by atoms with Crippen molar-refractivity contribution in [1.82, 2.24) is 5.32 Å². The van der Waals surface area contributed by atoms with E-state index in [9.17, 15) is 14.7 Å². The van der Waals surface area contributed by atoms with Gasteiger partial charge in [0.25, 0.3) is 0 Å². The van der Waals surface area contributed by atoms with Crippen LogP contribution in [0.4, 0.5) is 4.79 Å². The summed E-state index contributed by atoms with van der Waals surface area (Å²) in [5.74, 6) is -0.800. The second-order valence-electron chi connectivity index (χ2n) is 7.30. The Morgan fingerprint density at radius 3 is 2.33 bits per heavy atom. The second-order valence-corrected chi connectivity index (χ2v) is 7.30. The van der Waals surface area contributed by atoms with E-state index in [4.69, 9.17) is 20.6 Å². The Labute approximate surface area is 143 Å². The van der Waals surface area contributed by atoms with Crippen molar-refractivity contribution in [3.8, 4) is 0 Å². The minimum absolute atomic E-state index is 0.0528. The van der Waals surface area contributed by atoms with Crippen LogP contribution in [0.15, 0.2) is 0 Å². The lowest BCUT2D eigenvalue weighted by Gasteiger charge is -2.24. The zero-order valence-corrected chi connectivity index (χ0v) is 15.1. The van der Waals surface area contributed by atoms with Gasteiger partial charge >= 0.3 is 12.1 Å². The zero-order chi connectivity index (χ0) is 18.8. The fraction of sp³-hybridized carbons (Fsp3) is 0.812. The smallest absolute Gasteiger partial charge is 0.407 e. The predicted octanol–water partition coefficient (Wildman–Crippen LogP) is 1.41. The number of carbonyl (C=O) groups is 2. The molecule has 1 unspecified atom stereocenters. The van der Waals surface area contributed by atoms with Crippen molar-refractivity contribution < 1.29 is 24.2 Å². The highest BCUT2D eigenvalue weighted by Crippen LogP contribution is 2.20. The SMILES string of the molecule is CC(C)(C)CCCNC(=O)OCC(C)(CO)C(=O)OCCC(=N)N. The van der Waals surface area contributed by atoms with Crippen LogP contribution in [-0.4, -0.2) is 49.4 Å². The van der Waals surface area contributed by atoms with E-state index in [1.807, 2.05) is 0 Å². The van der Waals surface area contributed by atoms with Crippen LogP contribution in [0.3, 0.4) is 0 Å². The molecule has 0 aromatic rings. The first-order chi connectivity index (χ1) is 11.0. The van der Waals surface area contributed by atoms with Gasteiger partial charge in [-0.05, 0) is 25.2 Å². The van der Waals surface area contributed by atoms with Crippen molar-refractivity contribution in [3.63, 3.8) is 0 Å². The Hall–Kier alpha value is -1.83. The number of aliphatic hydroxyl groups is 1. The molecule has 8 heteroatoms. The largest absolute Gasteiger partial charge is 0.465 e. The number of nitrogens with one attached hydrogen (secondary N) is 2. The molecule has 0 aromatic carbocycles. The van der Waals surface area contributed by atoms with E-state index in [1.54, 1.807) is 0 Å². The standard InChI is InChI=1S/C16H31N3O5/c1-15(2,3)7-5-8-19-14(22)24-11-16(4,10-20)13(21)23-9-6-12(17)18/h20H,5-11H2,1-4H3,(H3,17,18)(H,19,22). The third-order valence-electron chi connectivity index (χ3n) is 3.34. The van der Waals surface area contributed by atoms with Crippen LogP contribution in [0.5, 0.6) is 0 Å². The molecule has 1 atom stereocenters. The van der Waals surface area contributed by atoms with Gasteiger partial charge in [0.2, 0.25) is 0 Å². The molecule has 5 N–H and O–H groups in total. The quantitative estimate of drug-likeness (QED) is 0.205. The average molecular weight is 345 g/mol. The number of alkyl carbamates (subject to hydrolysis) is 1. The molecule has 0 fully saturated rings. The fourth-order valence-corrected chi connectivity index (χ4v) is 1.68. The maximum atomic E-state index is 12.0. The average Bonchev–Trinajstić information content (AvgIpc) is 2.47. The van der Waals surface area contributed by atoms with Crippen molar-refractivity contribution in [2.45, 2.75) is 47.0 Å². The Morgan fingerprint density at radius 2 is 1.83 bits per heavy atom. The molecule has 0 aliphatic rings. The lowest BCUT2D eigenvalue weighted by atomic mass is 9.91. The summed E-state index contributed by atoms with van der Waals surface area (Å²) < 4.78 is 9.95. The molecule has 0 aliphatic carbocycles. The molecule has 140 valence electrons. The number of esters is 1. The monoisotopic (exact) mass is 345 g/mol. The highest BCUT2D eigenvalue weighted by atomic mass is 16.6. The number of carbonyl (C=O) groups excluding carboxylic acids is 2. The van der Waals surface area contributed by atoms with Gasteiger partial charge in [0.1, 0.15) is 12.0 Å². The Balaban J connectivity index is 4.18. The summed E-state index contributed by atoms with van der Waals surface area (Å²) in [5, 5.41) is 19.1. The summed E-state index contributed by atoms with van der Waals surface area (Å²) in [7, 11) is 0. The number of hydrogen-bond donors (Lipinski definition) is 4. The molecule has 0 aliphatic heterocycles. The third-order valence-corrected chi connectivity index (χ3v) is 3.34. The van der Waals surface area contributed by atoms with Crippen molar-refractivity contribution in [1.29, 1.82) is 5.41 Å². The van der Waals surface area contributed by atoms with Gasteiger partial charge in [-0.3, -0.25) is 10.2 Å². The Bertz CT molecular complexity index is 434. The van der Waals surface area contributed by atoms with E-state index in [1.165, 1.54) is 6.92 Å². The van der Waals surface area contributed by atoms with Gasteiger partial charge in [-0.2, -0.15) is 0 Å². The summed E-state index contributed by atoms with van der Waals surface area (Å²) in [6, 6.07) is 0. The molecule has 1 amide bonds. The van der Waals surface area contributed by atoms with Gasteiger partial charge in [0.15, 0.2) is 0 Å². The van der Waals surface area contributed by atoms with Crippen LogP contribution < -0.4 is 11.1 Å². The topological polar surface area (TPSA) is 135 Å². The summed E-state index contributed by atoms with van der Waals surface area (Å²) in [6.45, 7) is 7.41. The molecular weight excluding hydrogens is 314 g/mol. The molecule has 0 heterocycles. The number of hydrogen-bond acceptors (Lipinski definition) is 6. The number of amidine groups is 1. The molecular formula is C16H31N3O5. The summed E-state index contributed by atoms with van der Waals surface area (Å²) >= 11 is 0. The van der Waals surface area contributed by atoms with Crippen LogP contribution in [0.25, 0.3) is 0 Å². The number of amides is 1. The van der Waals surface area contributed by atoms with E-state index >= 15 is 0 Å². The van der Waals surface area contributed by atoms with Crippen molar-refractivity contribution in [3.05, 3.63) is 0 Å². The highest BCUT2D eigenvalue weighted by molar-refractivity contribution is 5.79. The van der Waals surface area contributed by atoms with Crippen molar-refractivity contribution in [2.75, 3.05) is 26.4 Å². The number of aliphatic hydroxyl groups excluding tert-OH is 1. The summed E-state index contributed by atoms with van der Waals surface area (Å²) in [6.07, 6.45) is 1.26. The molecule has 0 rings (SSSR count). The molecule has 0 radical (unpaired) electrons. The molecule has 24 heavy (non-hydrogen) atoms. The minimum atomic E-state index is -1.35. The van der Waals surface area contributed by atoms with E-state index < -0.39 is 24.1 Å². The van der Waals surface area contributed by atoms with Gasteiger partial charge in [0.05, 0.1) is 19.0 Å². The van der Waals surface area contributed by atoms with Gasteiger partial charge in [0, 0.05) is 13.0 Å². The molecule has 0 saturated heterocycles. The number of nitrogens with two attached hydrogens (primary N) is 1. The van der Waals surface area contributed by atoms with Crippen LogP contribution in [-0.2, 0) is 14.3 Å². The Kier molecular flexibility index (Phi) is 9.35. The molecule has 0 aromatic heterocycles. The van der Waals surface area contributed by atoms with Gasteiger partial charge < -0.3 is 25.6 Å². The lowest BCUT2D eigenvalue weighted by molar-refractivity contribution is -0.159. The third kappa shape index (κ3) is 10.0. The van der Waals surface area contributed by atoms with Crippen LogP contribution in [0, 0.1) is 16.2 Å². The molecule has 8 nitrogen and oxygen atoms in total. The second kappa shape index (κ2) is 10.1. The van der Waals surface area contributed by atoms with E-state index in [0.717, 1.165) is 12.8 Å². The summed E-state index contributed by atoms with van der Waals surface area (Å²) in [5.41, 5.74) is 4.02. The molecule has 0 bridgehead atoms. The fourth-order valence-electron chi connectivity index (χ4n) is 1.68. The first-order valence-corrected chi connectivity index (χ1v) is 8.02. The van der Waals surface area contributed by atoms with E-state index in [0.29, 0.717) is 6.54 Å². The summed E-state index contributed by atoms with van der Waals surface area (Å²) in [4.78, 5) is 23.6. The van der Waals surface area contributed by atoms with E-state index in [2.05, 4.69) is 26.1 Å². The number of ether oxygens (including phenoxy) is 2. The van der Waals surface area contributed by atoms with Crippen LogP contribution in [0.1, 0.15) is 47.0 Å². The normalized spacial score (nSPS) is 13.7. The van der Waals surface area contributed by atoms with Crippen LogP contribution >= 0.6 is 0 Å². The lowest BCUT2D eigenvalue weighted by Crippen LogP contribution is -2.40. The van der Waals surface area contributed by atoms with E-state index in [-0.39, 0.29) is 30.9 Å². The minimum Gasteiger partial charge on any atom is -0.465 e. The van der Waals surface area contributed by atoms with Crippen LogP contribution in [0.2, 0.25) is 0 Å². The first-order valence-electron chi connectivity index (χ1n) is 8.02. The van der Waals surface area contributed by atoms with Gasteiger partial charge in [-0.25, -0.2) is 4.79 Å². The number of rotatable bonds is 10. The van der Waals surface area contributed by atoms with Crippen molar-refractivity contribution >= 4 is 17.9 Å². The maximum Gasteiger partial charge on any atom is 0.407 e. The van der Waals surface area contributed by atoms with Gasteiger partial charge in [-0.15, -0.1) is 0 Å². The maximum absolute atomic E-state index is 12.0. The molecule has 0 spiro atoms. The van der Waals surface area contributed by atoms with Crippen molar-refractivity contribution in [2.24, 2.45) is 16.6 Å². The first kappa shape index (κ1) is 22.2. The molecule has 0 saturated carbocycles. The Morgan fingerprint density at radius 1 is 1.21 bits per heavy atom. The zero-order valence-electron chi connectivity index (χ0n) is 15.1. The predicted molar refractivity (Wildman–Crippen MR) is 90.7 cm³/mol. The highest BCUT2D eigenvalue weighted by Gasteiger charge is 2.36.